The van der Waals surface area contributed by atoms with Crippen molar-refractivity contribution in [3.63, 3.8) is 0 Å². The first-order valence-electron chi connectivity index (χ1n) is 7.50. The molecule has 0 aliphatic heterocycles. The number of halogens is 2. The van der Waals surface area contributed by atoms with E-state index in [2.05, 4.69) is 5.32 Å². The lowest BCUT2D eigenvalue weighted by atomic mass is 10.0. The van der Waals surface area contributed by atoms with Crippen molar-refractivity contribution in [3.8, 4) is 5.75 Å². The highest BCUT2D eigenvalue weighted by atomic mass is 35.5. The van der Waals surface area contributed by atoms with Crippen LogP contribution in [0.5, 0.6) is 5.75 Å². The molecular weight excluding hydrogens is 345 g/mol. The first kappa shape index (κ1) is 16.6. The van der Waals surface area contributed by atoms with Crippen molar-refractivity contribution in [1.82, 2.24) is 0 Å². The van der Waals surface area contributed by atoms with Gasteiger partial charge in [0.25, 0.3) is 5.91 Å². The molecule has 0 saturated carbocycles. The lowest BCUT2D eigenvalue weighted by Gasteiger charge is -2.14. The summed E-state index contributed by atoms with van der Waals surface area (Å²) in [5, 5.41) is 5.56. The van der Waals surface area contributed by atoms with Crippen molar-refractivity contribution in [2.75, 3.05) is 11.9 Å². The van der Waals surface area contributed by atoms with Gasteiger partial charge < -0.3 is 10.1 Å². The van der Waals surface area contributed by atoms with E-state index in [1.165, 1.54) is 0 Å². The number of ether oxygens (including phenoxy) is 1. The summed E-state index contributed by atoms with van der Waals surface area (Å²) in [6, 6.07) is 16.3. The summed E-state index contributed by atoms with van der Waals surface area (Å²) < 4.78 is 5.64. The summed E-state index contributed by atoms with van der Waals surface area (Å²) in [7, 11) is 0. The van der Waals surface area contributed by atoms with Crippen LogP contribution in [0.15, 0.2) is 54.6 Å². The number of carbonyl (C=O) groups excluding carboxylic acids is 1. The van der Waals surface area contributed by atoms with Crippen LogP contribution in [-0.4, -0.2) is 12.5 Å². The number of fused-ring (bicyclic) bond motifs is 1. The van der Waals surface area contributed by atoms with Crippen molar-refractivity contribution in [2.45, 2.75) is 6.92 Å². The van der Waals surface area contributed by atoms with Crippen LogP contribution in [0.25, 0.3) is 10.8 Å². The third-order valence-corrected chi connectivity index (χ3v) is 3.97. The number of carbonyl (C=O) groups is 1. The fraction of sp³-hybridized carbons (Fsp3) is 0.105. The van der Waals surface area contributed by atoms with E-state index in [0.717, 1.165) is 10.8 Å². The molecule has 1 N–H and O–H groups in total. The molecule has 0 atom stereocenters. The van der Waals surface area contributed by atoms with Crippen LogP contribution in [0.4, 0.5) is 5.69 Å². The molecule has 0 heterocycles. The van der Waals surface area contributed by atoms with Crippen LogP contribution in [0.1, 0.15) is 17.3 Å². The first-order chi connectivity index (χ1) is 11.6. The number of rotatable bonds is 4. The van der Waals surface area contributed by atoms with E-state index in [1.807, 2.05) is 43.3 Å². The summed E-state index contributed by atoms with van der Waals surface area (Å²) in [6.45, 7) is 2.36. The molecule has 0 radical (unpaired) electrons. The quantitative estimate of drug-likeness (QED) is 0.639. The Morgan fingerprint density at radius 1 is 1.04 bits per heavy atom. The van der Waals surface area contributed by atoms with Gasteiger partial charge in [-0.15, -0.1) is 0 Å². The Morgan fingerprint density at radius 2 is 1.75 bits per heavy atom. The number of benzene rings is 3. The average Bonchev–Trinajstić information content (AvgIpc) is 2.53. The number of amides is 1. The predicted octanol–water partition coefficient (Wildman–Crippen LogP) is 5.80. The minimum absolute atomic E-state index is 0.270. The topological polar surface area (TPSA) is 38.3 Å². The van der Waals surface area contributed by atoms with Crippen molar-refractivity contribution in [1.29, 1.82) is 0 Å². The maximum Gasteiger partial charge on any atom is 0.260 e. The van der Waals surface area contributed by atoms with Gasteiger partial charge in [0, 0.05) is 15.7 Å². The van der Waals surface area contributed by atoms with Crippen molar-refractivity contribution < 1.29 is 9.53 Å². The lowest BCUT2D eigenvalue weighted by Crippen LogP contribution is -2.14. The third kappa shape index (κ3) is 3.48. The van der Waals surface area contributed by atoms with Gasteiger partial charge >= 0.3 is 0 Å². The van der Waals surface area contributed by atoms with E-state index in [0.29, 0.717) is 33.7 Å². The Balaban J connectivity index is 2.06. The highest BCUT2D eigenvalue weighted by molar-refractivity contribution is 6.35. The molecule has 1 amide bonds. The molecule has 3 aromatic carbocycles. The number of hydrogen-bond acceptors (Lipinski definition) is 2. The van der Waals surface area contributed by atoms with Crippen molar-refractivity contribution in [3.05, 3.63) is 70.2 Å². The van der Waals surface area contributed by atoms with E-state index in [4.69, 9.17) is 27.9 Å². The molecule has 0 aromatic heterocycles. The van der Waals surface area contributed by atoms with Crippen LogP contribution in [0.2, 0.25) is 10.0 Å². The zero-order valence-electron chi connectivity index (χ0n) is 13.0. The maximum atomic E-state index is 12.9. The molecule has 0 aliphatic carbocycles. The van der Waals surface area contributed by atoms with Gasteiger partial charge in [-0.3, -0.25) is 4.79 Å². The smallest absolute Gasteiger partial charge is 0.260 e. The molecular formula is C19H15Cl2NO2. The molecule has 0 saturated heterocycles. The zero-order chi connectivity index (χ0) is 17.1. The van der Waals surface area contributed by atoms with E-state index in [1.54, 1.807) is 18.2 Å². The lowest BCUT2D eigenvalue weighted by molar-refractivity contribution is 0.102. The Bertz CT molecular complexity index is 889. The van der Waals surface area contributed by atoms with Crippen molar-refractivity contribution >= 4 is 45.6 Å². The van der Waals surface area contributed by atoms with Crippen LogP contribution in [0, 0.1) is 0 Å². The zero-order valence-corrected chi connectivity index (χ0v) is 14.5. The molecule has 0 fully saturated rings. The normalized spacial score (nSPS) is 10.6. The molecule has 5 heteroatoms. The molecule has 0 aliphatic rings. The van der Waals surface area contributed by atoms with E-state index < -0.39 is 0 Å². The fourth-order valence-corrected chi connectivity index (χ4v) is 3.11. The second kappa shape index (κ2) is 7.12. The summed E-state index contributed by atoms with van der Waals surface area (Å²) in [5.41, 5.74) is 1.03. The molecule has 122 valence electrons. The third-order valence-electron chi connectivity index (χ3n) is 3.54. The Morgan fingerprint density at radius 3 is 2.46 bits per heavy atom. The largest absolute Gasteiger partial charge is 0.493 e. The van der Waals surface area contributed by atoms with Crippen LogP contribution >= 0.6 is 23.2 Å². The standard InChI is InChI=1S/C19H15Cl2NO2/c1-2-24-17-8-7-12-5-3-4-6-16(12)18(17)19(23)22-15-10-13(20)9-14(21)11-15/h3-11H,2H2,1H3,(H,22,23). The Kier molecular flexibility index (Phi) is 4.93. The SMILES string of the molecule is CCOc1ccc2ccccc2c1C(=O)Nc1cc(Cl)cc(Cl)c1. The van der Waals surface area contributed by atoms with E-state index in [9.17, 15) is 4.79 Å². The predicted molar refractivity (Wildman–Crippen MR) is 99.5 cm³/mol. The Labute approximate surface area is 150 Å². The van der Waals surface area contributed by atoms with Crippen LogP contribution in [-0.2, 0) is 0 Å². The van der Waals surface area contributed by atoms with Crippen molar-refractivity contribution in [2.24, 2.45) is 0 Å². The van der Waals surface area contributed by atoms with E-state index in [-0.39, 0.29) is 5.91 Å². The molecule has 24 heavy (non-hydrogen) atoms. The van der Waals surface area contributed by atoms with Gasteiger partial charge in [-0.2, -0.15) is 0 Å². The number of anilines is 1. The molecule has 3 aromatic rings. The van der Waals surface area contributed by atoms with Gasteiger partial charge in [-0.05, 0) is 42.0 Å². The monoisotopic (exact) mass is 359 g/mol. The summed E-state index contributed by atoms with van der Waals surface area (Å²) >= 11 is 12.0. The van der Waals surface area contributed by atoms with Gasteiger partial charge in [0.15, 0.2) is 0 Å². The fourth-order valence-electron chi connectivity index (χ4n) is 2.58. The summed E-state index contributed by atoms with van der Waals surface area (Å²) in [6.07, 6.45) is 0. The Hall–Kier alpha value is -2.23. The van der Waals surface area contributed by atoms with Crippen LogP contribution in [0.3, 0.4) is 0 Å². The van der Waals surface area contributed by atoms with Gasteiger partial charge in [-0.1, -0.05) is 53.5 Å². The van der Waals surface area contributed by atoms with Gasteiger partial charge in [0.1, 0.15) is 5.75 Å². The number of hydrogen-bond donors (Lipinski definition) is 1. The minimum atomic E-state index is -0.270. The maximum absolute atomic E-state index is 12.9. The van der Waals surface area contributed by atoms with Gasteiger partial charge in [0.2, 0.25) is 0 Å². The van der Waals surface area contributed by atoms with Gasteiger partial charge in [0.05, 0.1) is 12.2 Å². The first-order valence-corrected chi connectivity index (χ1v) is 8.26. The molecule has 3 nitrogen and oxygen atoms in total. The second-order valence-electron chi connectivity index (χ2n) is 5.21. The molecule has 0 spiro atoms. The van der Waals surface area contributed by atoms with Gasteiger partial charge in [-0.25, -0.2) is 0 Å². The summed E-state index contributed by atoms with van der Waals surface area (Å²) in [5.74, 6) is 0.274. The second-order valence-corrected chi connectivity index (χ2v) is 6.08. The summed E-state index contributed by atoms with van der Waals surface area (Å²) in [4.78, 5) is 12.9. The average molecular weight is 360 g/mol. The highest BCUT2D eigenvalue weighted by Gasteiger charge is 2.17. The van der Waals surface area contributed by atoms with E-state index >= 15 is 0 Å². The minimum Gasteiger partial charge on any atom is -0.493 e. The number of nitrogens with one attached hydrogen (secondary N) is 1. The molecule has 3 rings (SSSR count). The molecule has 0 unspecified atom stereocenters. The van der Waals surface area contributed by atoms with Crippen LogP contribution < -0.4 is 10.1 Å². The highest BCUT2D eigenvalue weighted by Crippen LogP contribution is 2.30. The molecule has 0 bridgehead atoms.